The van der Waals surface area contributed by atoms with Gasteiger partial charge in [0.05, 0.1) is 25.4 Å². The Balaban J connectivity index is 1.68. The zero-order chi connectivity index (χ0) is 15.0. The molecule has 3 rings (SSSR count). The van der Waals surface area contributed by atoms with Crippen LogP contribution in [-0.2, 0) is 26.5 Å². The van der Waals surface area contributed by atoms with Crippen LogP contribution < -0.4 is 4.72 Å². The maximum absolute atomic E-state index is 12.4. The molecule has 1 N–H and O–H groups in total. The fraction of sp³-hybridized carbons (Fsp3) is 0.769. The molecule has 0 radical (unpaired) electrons. The lowest BCUT2D eigenvalue weighted by molar-refractivity contribution is -0.156. The van der Waals surface area contributed by atoms with Gasteiger partial charge in [-0.2, -0.15) is 0 Å². The van der Waals surface area contributed by atoms with E-state index in [0.717, 1.165) is 12.8 Å². The number of ether oxygens (including phenoxy) is 2. The molecule has 1 aromatic heterocycles. The minimum Gasteiger partial charge on any atom is -0.373 e. The fourth-order valence-corrected chi connectivity index (χ4v) is 4.23. The molecule has 1 aliphatic heterocycles. The van der Waals surface area contributed by atoms with Gasteiger partial charge in [0.25, 0.3) is 10.0 Å². The molecule has 118 valence electrons. The van der Waals surface area contributed by atoms with Gasteiger partial charge in [-0.3, -0.25) is 0 Å². The van der Waals surface area contributed by atoms with Crippen molar-refractivity contribution in [2.75, 3.05) is 13.2 Å². The van der Waals surface area contributed by atoms with Gasteiger partial charge in [0, 0.05) is 19.3 Å². The summed E-state index contributed by atoms with van der Waals surface area (Å²) in [6, 6.07) is -0.125. The van der Waals surface area contributed by atoms with E-state index in [1.807, 2.05) is 0 Å². The van der Waals surface area contributed by atoms with E-state index < -0.39 is 10.0 Å². The molecule has 0 bridgehead atoms. The van der Waals surface area contributed by atoms with E-state index in [9.17, 15) is 8.42 Å². The maximum Gasteiger partial charge on any atom is 0.259 e. The zero-order valence-electron chi connectivity index (χ0n) is 12.3. The predicted octanol–water partition coefficient (Wildman–Crippen LogP) is 0.343. The first-order chi connectivity index (χ1) is 9.95. The number of aromatic nitrogens is 2. The maximum atomic E-state index is 12.4. The third-order valence-corrected chi connectivity index (χ3v) is 5.55. The highest BCUT2D eigenvalue weighted by atomic mass is 32.2. The van der Waals surface area contributed by atoms with Gasteiger partial charge >= 0.3 is 0 Å². The molecule has 8 heteroatoms. The third kappa shape index (κ3) is 3.13. The van der Waals surface area contributed by atoms with Crippen LogP contribution >= 0.6 is 0 Å². The van der Waals surface area contributed by atoms with Crippen molar-refractivity contribution < 1.29 is 17.9 Å². The summed E-state index contributed by atoms with van der Waals surface area (Å²) in [5.74, 6) is 0.670. The molecule has 0 aromatic carbocycles. The molecule has 0 amide bonds. The van der Waals surface area contributed by atoms with Crippen LogP contribution in [0.5, 0.6) is 0 Å². The summed E-state index contributed by atoms with van der Waals surface area (Å²) >= 11 is 0. The van der Waals surface area contributed by atoms with Crippen molar-refractivity contribution in [3.63, 3.8) is 0 Å². The van der Waals surface area contributed by atoms with E-state index in [2.05, 4.69) is 9.71 Å². The lowest BCUT2D eigenvalue weighted by atomic mass is 9.90. The molecule has 1 aromatic rings. The Morgan fingerprint density at radius 2 is 2.00 bits per heavy atom. The first-order valence-corrected chi connectivity index (χ1v) is 8.69. The number of nitrogens with one attached hydrogen (secondary N) is 1. The summed E-state index contributed by atoms with van der Waals surface area (Å²) in [6.45, 7) is 2.99. The molecule has 1 saturated carbocycles. The molecule has 1 saturated heterocycles. The van der Waals surface area contributed by atoms with Gasteiger partial charge in [0.15, 0.2) is 5.03 Å². The number of rotatable bonds is 3. The minimum atomic E-state index is -3.58. The molecule has 0 unspecified atom stereocenters. The molecule has 0 spiro atoms. The second-order valence-electron chi connectivity index (χ2n) is 5.69. The summed E-state index contributed by atoms with van der Waals surface area (Å²) in [5, 5.41) is 0.0745. The summed E-state index contributed by atoms with van der Waals surface area (Å²) in [7, 11) is -1.80. The van der Waals surface area contributed by atoms with Gasteiger partial charge in [-0.15, -0.1) is 0 Å². The Morgan fingerprint density at radius 3 is 2.67 bits per heavy atom. The Bertz CT molecular complexity index is 593. The summed E-state index contributed by atoms with van der Waals surface area (Å²) in [4.78, 5) is 4.09. The van der Waals surface area contributed by atoms with E-state index in [1.165, 1.54) is 6.20 Å². The summed E-state index contributed by atoms with van der Waals surface area (Å²) in [5.41, 5.74) is 0. The average Bonchev–Trinajstić information content (AvgIpc) is 2.79. The summed E-state index contributed by atoms with van der Waals surface area (Å²) < 4.78 is 40.5. The molecule has 2 aliphatic rings. The molecule has 21 heavy (non-hydrogen) atoms. The monoisotopic (exact) mass is 315 g/mol. The Hall–Kier alpha value is -0.960. The smallest absolute Gasteiger partial charge is 0.259 e. The van der Waals surface area contributed by atoms with Crippen molar-refractivity contribution in [1.82, 2.24) is 14.3 Å². The van der Waals surface area contributed by atoms with Crippen LogP contribution in [0.1, 0.15) is 25.1 Å². The van der Waals surface area contributed by atoms with Crippen LogP contribution in [0, 0.1) is 6.92 Å². The molecular weight excluding hydrogens is 294 g/mol. The lowest BCUT2D eigenvalue weighted by Gasteiger charge is -2.38. The van der Waals surface area contributed by atoms with E-state index in [-0.39, 0.29) is 23.3 Å². The first kappa shape index (κ1) is 15.0. The van der Waals surface area contributed by atoms with Crippen LogP contribution in [0.15, 0.2) is 11.2 Å². The first-order valence-electron chi connectivity index (χ1n) is 7.21. The van der Waals surface area contributed by atoms with Crippen LogP contribution in [0.2, 0.25) is 0 Å². The number of hydrogen-bond acceptors (Lipinski definition) is 5. The SMILES string of the molecule is Cc1nc(S(=O)(=O)N[C@@H]2CC[C@@H]3OCCO[C@H]3C2)cn1C. The van der Waals surface area contributed by atoms with Crippen molar-refractivity contribution in [3.05, 3.63) is 12.0 Å². The van der Waals surface area contributed by atoms with Gasteiger partial charge in [-0.05, 0) is 26.2 Å². The fourth-order valence-electron chi connectivity index (χ4n) is 2.91. The Morgan fingerprint density at radius 1 is 1.29 bits per heavy atom. The van der Waals surface area contributed by atoms with Crippen LogP contribution in [0.3, 0.4) is 0 Å². The molecule has 2 fully saturated rings. The normalized spacial score (nSPS) is 30.1. The number of sulfonamides is 1. The van der Waals surface area contributed by atoms with E-state index in [4.69, 9.17) is 9.47 Å². The van der Waals surface area contributed by atoms with E-state index in [0.29, 0.717) is 25.5 Å². The second-order valence-corrected chi connectivity index (χ2v) is 7.35. The lowest BCUT2D eigenvalue weighted by Crippen LogP contribution is -2.49. The van der Waals surface area contributed by atoms with Crippen molar-refractivity contribution in [3.8, 4) is 0 Å². The predicted molar refractivity (Wildman–Crippen MR) is 75.4 cm³/mol. The van der Waals surface area contributed by atoms with Crippen molar-refractivity contribution in [2.45, 2.75) is 49.5 Å². The van der Waals surface area contributed by atoms with Gasteiger partial charge < -0.3 is 14.0 Å². The van der Waals surface area contributed by atoms with Crippen molar-refractivity contribution >= 4 is 10.0 Å². The third-order valence-electron chi connectivity index (χ3n) is 4.16. The van der Waals surface area contributed by atoms with Crippen molar-refractivity contribution in [2.24, 2.45) is 7.05 Å². The average molecular weight is 315 g/mol. The molecular formula is C13H21N3O4S. The number of imidazole rings is 1. The minimum absolute atomic E-state index is 0.00864. The van der Waals surface area contributed by atoms with Crippen LogP contribution in [0.4, 0.5) is 0 Å². The quantitative estimate of drug-likeness (QED) is 0.870. The van der Waals surface area contributed by atoms with E-state index in [1.54, 1.807) is 18.5 Å². The molecule has 2 heterocycles. The highest BCUT2D eigenvalue weighted by Crippen LogP contribution is 2.27. The van der Waals surface area contributed by atoms with Gasteiger partial charge in [0.2, 0.25) is 0 Å². The number of aryl methyl sites for hydroxylation is 2. The summed E-state index contributed by atoms with van der Waals surface area (Å²) in [6.07, 6.45) is 3.86. The van der Waals surface area contributed by atoms with Crippen molar-refractivity contribution in [1.29, 1.82) is 0 Å². The van der Waals surface area contributed by atoms with Gasteiger partial charge in [0.1, 0.15) is 5.82 Å². The Labute approximate surface area is 124 Å². The number of hydrogen-bond donors (Lipinski definition) is 1. The molecule has 1 aliphatic carbocycles. The second kappa shape index (κ2) is 5.68. The molecule has 3 atom stereocenters. The van der Waals surface area contributed by atoms with Gasteiger partial charge in [-0.1, -0.05) is 0 Å². The zero-order valence-corrected chi connectivity index (χ0v) is 13.1. The van der Waals surface area contributed by atoms with Crippen LogP contribution in [-0.4, -0.2) is 49.4 Å². The Kier molecular flexibility index (Phi) is 4.04. The largest absolute Gasteiger partial charge is 0.373 e. The van der Waals surface area contributed by atoms with Gasteiger partial charge in [-0.25, -0.2) is 18.1 Å². The van der Waals surface area contributed by atoms with E-state index >= 15 is 0 Å². The highest BCUT2D eigenvalue weighted by molar-refractivity contribution is 7.89. The molecule has 7 nitrogen and oxygen atoms in total. The number of fused-ring (bicyclic) bond motifs is 1. The van der Waals surface area contributed by atoms with Crippen LogP contribution in [0.25, 0.3) is 0 Å². The number of nitrogens with zero attached hydrogens (tertiary/aromatic N) is 2. The highest BCUT2D eigenvalue weighted by Gasteiger charge is 2.36. The standard InChI is InChI=1S/C13H21N3O4S/c1-9-14-13(8-16(9)2)21(17,18)15-10-3-4-11-12(7-10)20-6-5-19-11/h8,10-12,15H,3-7H2,1-2H3/t10-,11+,12+/m1/s1. The topological polar surface area (TPSA) is 82.5 Å².